The standard InChI is InChI=1S/C8H7BrFNO/c1-5-6(4-11-12)2-3-7(10)8(5)9/h2-4,12H,1H3. The summed E-state index contributed by atoms with van der Waals surface area (Å²) in [7, 11) is 0. The van der Waals surface area contributed by atoms with Crippen LogP contribution in [-0.4, -0.2) is 11.4 Å². The fraction of sp³-hybridized carbons (Fsp3) is 0.125. The predicted molar refractivity (Wildman–Crippen MR) is 48.2 cm³/mol. The van der Waals surface area contributed by atoms with Crippen molar-refractivity contribution in [1.82, 2.24) is 0 Å². The van der Waals surface area contributed by atoms with E-state index in [9.17, 15) is 4.39 Å². The van der Waals surface area contributed by atoms with Crippen molar-refractivity contribution in [2.75, 3.05) is 0 Å². The van der Waals surface area contributed by atoms with E-state index in [1.54, 1.807) is 13.0 Å². The summed E-state index contributed by atoms with van der Waals surface area (Å²) in [6.07, 6.45) is 1.26. The first kappa shape index (κ1) is 9.19. The Hall–Kier alpha value is -0.900. The summed E-state index contributed by atoms with van der Waals surface area (Å²) in [4.78, 5) is 0. The molecule has 0 aliphatic carbocycles. The van der Waals surface area contributed by atoms with Crippen LogP contribution >= 0.6 is 15.9 Å². The monoisotopic (exact) mass is 231 g/mol. The largest absolute Gasteiger partial charge is 0.411 e. The Bertz CT molecular complexity index is 325. The molecule has 0 saturated carbocycles. The SMILES string of the molecule is Cc1c(C=NO)ccc(F)c1Br. The summed E-state index contributed by atoms with van der Waals surface area (Å²) < 4.78 is 13.2. The Morgan fingerprint density at radius 3 is 2.83 bits per heavy atom. The van der Waals surface area contributed by atoms with E-state index >= 15 is 0 Å². The summed E-state index contributed by atoms with van der Waals surface area (Å²) >= 11 is 3.08. The molecule has 1 rings (SSSR count). The van der Waals surface area contributed by atoms with Crippen LogP contribution in [-0.2, 0) is 0 Å². The van der Waals surface area contributed by atoms with Crippen molar-refractivity contribution < 1.29 is 9.60 Å². The molecule has 12 heavy (non-hydrogen) atoms. The Morgan fingerprint density at radius 1 is 1.58 bits per heavy atom. The van der Waals surface area contributed by atoms with E-state index in [-0.39, 0.29) is 5.82 Å². The lowest BCUT2D eigenvalue weighted by Crippen LogP contribution is -1.90. The molecule has 0 atom stereocenters. The molecule has 0 spiro atoms. The van der Waals surface area contributed by atoms with Crippen LogP contribution in [0.25, 0.3) is 0 Å². The molecule has 0 bridgehead atoms. The Morgan fingerprint density at radius 2 is 2.25 bits per heavy atom. The van der Waals surface area contributed by atoms with Gasteiger partial charge in [-0.1, -0.05) is 11.2 Å². The normalized spacial score (nSPS) is 10.9. The zero-order valence-electron chi connectivity index (χ0n) is 6.38. The lowest BCUT2D eigenvalue weighted by atomic mass is 10.1. The lowest BCUT2D eigenvalue weighted by Gasteiger charge is -2.02. The third-order valence-electron chi connectivity index (χ3n) is 1.58. The number of benzene rings is 1. The number of nitrogens with zero attached hydrogens (tertiary/aromatic N) is 1. The van der Waals surface area contributed by atoms with Crippen molar-refractivity contribution in [3.8, 4) is 0 Å². The second-order valence-electron chi connectivity index (χ2n) is 2.32. The molecule has 0 radical (unpaired) electrons. The molecule has 0 aromatic heterocycles. The van der Waals surface area contributed by atoms with Crippen molar-refractivity contribution in [1.29, 1.82) is 0 Å². The quantitative estimate of drug-likeness (QED) is 0.450. The van der Waals surface area contributed by atoms with Gasteiger partial charge >= 0.3 is 0 Å². The Labute approximate surface area is 77.8 Å². The summed E-state index contributed by atoms with van der Waals surface area (Å²) in [6.45, 7) is 1.74. The van der Waals surface area contributed by atoms with E-state index in [0.717, 1.165) is 0 Å². The van der Waals surface area contributed by atoms with Crippen molar-refractivity contribution in [2.24, 2.45) is 5.16 Å². The minimum atomic E-state index is -0.317. The van der Waals surface area contributed by atoms with Gasteiger partial charge in [0.2, 0.25) is 0 Å². The molecule has 1 aromatic rings. The molecule has 0 amide bonds. The van der Waals surface area contributed by atoms with Gasteiger partial charge in [0.05, 0.1) is 10.7 Å². The minimum absolute atomic E-state index is 0.317. The number of oxime groups is 1. The molecule has 2 nitrogen and oxygen atoms in total. The lowest BCUT2D eigenvalue weighted by molar-refractivity contribution is 0.322. The molecule has 1 N–H and O–H groups in total. The Kier molecular flexibility index (Phi) is 2.81. The number of hydrogen-bond donors (Lipinski definition) is 1. The van der Waals surface area contributed by atoms with Crippen LogP contribution in [0.15, 0.2) is 21.8 Å². The second kappa shape index (κ2) is 3.67. The maximum Gasteiger partial charge on any atom is 0.137 e. The van der Waals surface area contributed by atoms with Crippen LogP contribution < -0.4 is 0 Å². The van der Waals surface area contributed by atoms with Gasteiger partial charge < -0.3 is 5.21 Å². The van der Waals surface area contributed by atoms with Crippen LogP contribution in [0.1, 0.15) is 11.1 Å². The number of rotatable bonds is 1. The van der Waals surface area contributed by atoms with Crippen LogP contribution in [0.5, 0.6) is 0 Å². The smallest absolute Gasteiger partial charge is 0.137 e. The summed E-state index contributed by atoms with van der Waals surface area (Å²) in [5.41, 5.74) is 1.40. The molecule has 0 fully saturated rings. The highest BCUT2D eigenvalue weighted by Gasteiger charge is 2.05. The van der Waals surface area contributed by atoms with E-state index < -0.39 is 0 Å². The van der Waals surface area contributed by atoms with Gasteiger partial charge in [-0.15, -0.1) is 0 Å². The first-order valence-corrected chi connectivity index (χ1v) is 4.08. The molecule has 64 valence electrons. The number of halogens is 2. The first-order chi connectivity index (χ1) is 5.66. The van der Waals surface area contributed by atoms with Gasteiger partial charge in [0.15, 0.2) is 0 Å². The van der Waals surface area contributed by atoms with Crippen LogP contribution in [0, 0.1) is 12.7 Å². The fourth-order valence-corrected chi connectivity index (χ4v) is 1.23. The average molecular weight is 232 g/mol. The van der Waals surface area contributed by atoms with Crippen molar-refractivity contribution in [3.63, 3.8) is 0 Å². The van der Waals surface area contributed by atoms with E-state index in [4.69, 9.17) is 5.21 Å². The first-order valence-electron chi connectivity index (χ1n) is 3.29. The molecular weight excluding hydrogens is 225 g/mol. The van der Waals surface area contributed by atoms with Gasteiger partial charge in [-0.2, -0.15) is 0 Å². The van der Waals surface area contributed by atoms with Gasteiger partial charge in [0.1, 0.15) is 5.82 Å². The maximum atomic E-state index is 12.8. The van der Waals surface area contributed by atoms with E-state index in [0.29, 0.717) is 15.6 Å². The molecule has 0 heterocycles. The van der Waals surface area contributed by atoms with Crippen molar-refractivity contribution in [2.45, 2.75) is 6.92 Å². The molecule has 4 heteroatoms. The third-order valence-corrected chi connectivity index (χ3v) is 2.55. The highest BCUT2D eigenvalue weighted by Crippen LogP contribution is 2.22. The van der Waals surface area contributed by atoms with Gasteiger partial charge in [-0.3, -0.25) is 0 Å². The van der Waals surface area contributed by atoms with E-state index in [2.05, 4.69) is 21.1 Å². The average Bonchev–Trinajstić information content (AvgIpc) is 2.07. The topological polar surface area (TPSA) is 32.6 Å². The Balaban J connectivity index is 3.26. The molecule has 1 aromatic carbocycles. The molecule has 0 aliphatic rings. The zero-order chi connectivity index (χ0) is 9.14. The highest BCUT2D eigenvalue weighted by atomic mass is 79.9. The van der Waals surface area contributed by atoms with Gasteiger partial charge in [-0.05, 0) is 34.5 Å². The van der Waals surface area contributed by atoms with Crippen LogP contribution in [0.3, 0.4) is 0 Å². The van der Waals surface area contributed by atoms with Crippen LogP contribution in [0.4, 0.5) is 4.39 Å². The summed E-state index contributed by atoms with van der Waals surface area (Å²) in [5, 5.41) is 11.1. The van der Waals surface area contributed by atoms with Gasteiger partial charge in [0, 0.05) is 5.56 Å². The zero-order valence-corrected chi connectivity index (χ0v) is 7.97. The number of hydrogen-bond acceptors (Lipinski definition) is 2. The molecule has 0 aliphatic heterocycles. The van der Waals surface area contributed by atoms with Crippen molar-refractivity contribution >= 4 is 22.1 Å². The second-order valence-corrected chi connectivity index (χ2v) is 3.11. The molecule has 0 saturated heterocycles. The summed E-state index contributed by atoms with van der Waals surface area (Å²) in [6, 6.07) is 2.86. The predicted octanol–water partition coefficient (Wildman–Crippen LogP) is 2.70. The van der Waals surface area contributed by atoms with Gasteiger partial charge in [0.25, 0.3) is 0 Å². The fourth-order valence-electron chi connectivity index (χ4n) is 0.869. The molecular formula is C8H7BrFNO. The van der Waals surface area contributed by atoms with E-state index in [1.807, 2.05) is 0 Å². The molecule has 0 unspecified atom stereocenters. The summed E-state index contributed by atoms with van der Waals surface area (Å²) in [5.74, 6) is -0.317. The van der Waals surface area contributed by atoms with Crippen LogP contribution in [0.2, 0.25) is 0 Å². The van der Waals surface area contributed by atoms with E-state index in [1.165, 1.54) is 12.3 Å². The third kappa shape index (κ3) is 1.64. The highest BCUT2D eigenvalue weighted by molar-refractivity contribution is 9.10. The minimum Gasteiger partial charge on any atom is -0.411 e. The van der Waals surface area contributed by atoms with Gasteiger partial charge in [-0.25, -0.2) is 4.39 Å². The maximum absolute atomic E-state index is 12.8. The van der Waals surface area contributed by atoms with Crippen molar-refractivity contribution in [3.05, 3.63) is 33.5 Å².